The Morgan fingerprint density at radius 3 is 0.993 bits per heavy atom. The summed E-state index contributed by atoms with van der Waals surface area (Å²) in [6.07, 6.45) is 33.3. The molecule has 0 spiro atoms. The van der Waals surface area contributed by atoms with Crippen molar-refractivity contribution < 1.29 is 35.9 Å². The van der Waals surface area contributed by atoms with Crippen molar-refractivity contribution in [2.75, 3.05) is 0 Å². The van der Waals surface area contributed by atoms with Gasteiger partial charge in [-0.1, -0.05) is 287 Å². The minimum atomic E-state index is -1.28. The fraction of sp³-hybridized carbons (Fsp3) is 0.361. The maximum atomic E-state index is 18.9. The lowest BCUT2D eigenvalue weighted by atomic mass is 9.66. The third kappa shape index (κ3) is 18.3. The smallest absolute Gasteiger partial charge is 0.270 e. The van der Waals surface area contributed by atoms with Gasteiger partial charge in [0.15, 0.2) is 34.8 Å². The molecule has 4 aliphatic carbocycles. The van der Waals surface area contributed by atoms with Gasteiger partial charge in [-0.3, -0.25) is 9.59 Å². The Kier molecular flexibility index (Phi) is 30.6. The molecule has 13 aromatic rings. The molecule has 0 aliphatic heterocycles. The van der Waals surface area contributed by atoms with Crippen LogP contribution in [0.4, 0.5) is 26.3 Å². The number of nitrogens with zero attached hydrogens (tertiary/aromatic N) is 4. The van der Waals surface area contributed by atoms with E-state index >= 15 is 35.9 Å². The third-order valence-electron chi connectivity index (χ3n) is 29.0. The number of hydrogen-bond acceptors (Lipinski definition) is 10. The van der Waals surface area contributed by atoms with Crippen LogP contribution in [0, 0.1) is 82.5 Å². The minimum absolute atomic E-state index is 0.0479. The first-order valence-corrected chi connectivity index (χ1v) is 54.5. The molecule has 0 saturated carbocycles. The Morgan fingerprint density at radius 2 is 0.686 bits per heavy atom. The van der Waals surface area contributed by atoms with Gasteiger partial charge in [-0.15, -0.1) is 68.0 Å². The van der Waals surface area contributed by atoms with E-state index < -0.39 is 57.1 Å². The predicted molar refractivity (Wildman–Crippen MR) is 560 cm³/mol. The van der Waals surface area contributed by atoms with Gasteiger partial charge in [-0.05, 0) is 215 Å². The van der Waals surface area contributed by atoms with Crippen molar-refractivity contribution in [1.82, 2.24) is 0 Å². The number of nitriles is 2. The molecule has 0 fully saturated rings. The maximum absolute atomic E-state index is 18.9. The van der Waals surface area contributed by atoms with Crippen molar-refractivity contribution in [3.05, 3.63) is 334 Å². The molecule has 0 saturated heterocycles. The quantitative estimate of drug-likeness (QED) is 0.0126. The summed E-state index contributed by atoms with van der Waals surface area (Å²) >= 11 is 9.19. The van der Waals surface area contributed by atoms with E-state index in [-0.39, 0.29) is 68.0 Å². The lowest BCUT2D eigenvalue weighted by molar-refractivity contribution is 0.103. The molecule has 700 valence electrons. The maximum Gasteiger partial charge on any atom is 0.270 e. The second kappa shape index (κ2) is 42.8. The molecule has 137 heavy (non-hydrogen) atoms. The molecule has 7 aromatic carbocycles. The Bertz CT molecular complexity index is 6610. The first kappa shape index (κ1) is 97.7. The lowest BCUT2D eigenvalue weighted by Crippen LogP contribution is -2.29. The molecular weight excluding hydrogens is 1820 g/mol. The summed E-state index contributed by atoms with van der Waals surface area (Å²) in [5.41, 5.74) is 9.48. The molecule has 2 unspecified atom stereocenters. The van der Waals surface area contributed by atoms with Crippen LogP contribution in [0.15, 0.2) is 168 Å². The average Bonchev–Trinajstić information content (AvgIpc) is 1.48. The summed E-state index contributed by atoms with van der Waals surface area (Å²) < 4.78 is 102. The Morgan fingerprint density at radius 1 is 0.372 bits per heavy atom. The average molecular weight is 1940 g/mol. The van der Waals surface area contributed by atoms with Crippen LogP contribution in [0.1, 0.15) is 334 Å². The van der Waals surface area contributed by atoms with E-state index in [0.717, 1.165) is 306 Å². The van der Waals surface area contributed by atoms with Crippen molar-refractivity contribution in [2.24, 2.45) is 11.8 Å². The van der Waals surface area contributed by atoms with Crippen molar-refractivity contribution >= 4 is 123 Å². The van der Waals surface area contributed by atoms with Crippen molar-refractivity contribution in [1.29, 1.82) is 10.5 Å². The monoisotopic (exact) mass is 1940 g/mol. The van der Waals surface area contributed by atoms with Gasteiger partial charge in [0, 0.05) is 94.0 Å². The van der Waals surface area contributed by atoms with E-state index in [1.165, 1.54) is 67.6 Å². The van der Waals surface area contributed by atoms with Crippen LogP contribution in [-0.2, 0) is 49.4 Å². The molecule has 0 radical (unpaired) electrons. The fourth-order valence-electron chi connectivity index (χ4n) is 21.8. The second-order valence-corrected chi connectivity index (χ2v) is 44.2. The molecule has 6 nitrogen and oxygen atoms in total. The Labute approximate surface area is 827 Å². The van der Waals surface area contributed by atoms with Crippen LogP contribution < -0.4 is 0 Å². The third-order valence-corrected chi connectivity index (χ3v) is 36.2. The molecule has 4 aliphatic rings. The van der Waals surface area contributed by atoms with Crippen LogP contribution in [-0.4, -0.2) is 11.6 Å². The molecule has 0 bridgehead atoms. The number of ketones is 2. The van der Waals surface area contributed by atoms with Crippen LogP contribution >= 0.6 is 68.0 Å². The lowest BCUT2D eigenvalue weighted by Gasteiger charge is -2.35. The highest BCUT2D eigenvalue weighted by molar-refractivity contribution is 7.30. The summed E-state index contributed by atoms with van der Waals surface area (Å²) in [6.45, 7) is 34.4. The standard InChI is InChI=1S/C119H114F6N4O2S6/c1-11-19-25-30-36-72-40-48-76(49-41-72)118(77-50-42-73(43-51-77)37-31-26-20-12-2)88-60-80(58-86-102(96(68-126)128-9)82-62-90(120)92(122)64-84(82)110(86)130)132-112(88)116-108(118)106-104(100-66-94(124)98(134-100)56-70(17-7)34-24-16-6)114-107(105(115(106)137-116)101-67-95(125)99(135-101)57-71(18-8)35-29-23-15-5)109-117(136-114)113-89(61-81(133-113)59-87-103(97(69-127)129-10)83-63-91(121)93(123)65-85(83)111(87)131)119(109,78-52-44-74(45-53-78)38-32-27-21-13-3)79-54-46-75(47-55-79)39-33-28-22-14-4/h40-55,58-67,70-71H,11-39,56-57H2,1-8H3/b86-58-,87-59-,102-96+,103-97-. The number of Topliss-reactive ketones (excluding diaryl/α,β-unsaturated/α-hetero) is 2. The topological polar surface area (TPSA) is 90.4 Å². The van der Waals surface area contributed by atoms with Gasteiger partial charge in [-0.25, -0.2) is 46.6 Å². The Hall–Kier alpha value is -10.9. The van der Waals surface area contributed by atoms with E-state index in [1.807, 2.05) is 12.1 Å². The van der Waals surface area contributed by atoms with Crippen LogP contribution in [0.5, 0.6) is 0 Å². The summed E-state index contributed by atoms with van der Waals surface area (Å²) in [6, 6.07) is 51.6. The number of unbranched alkanes of at least 4 members (excludes halogenated alkanes) is 15. The summed E-state index contributed by atoms with van der Waals surface area (Å²) in [4.78, 5) is 45.3. The van der Waals surface area contributed by atoms with E-state index in [0.29, 0.717) is 42.1 Å². The van der Waals surface area contributed by atoms with Crippen LogP contribution in [0.2, 0.25) is 0 Å². The molecule has 18 heteroatoms. The molecule has 0 amide bonds. The SMILES string of the molecule is [C-]#[N+]/C(C#N)=C1\C(=C\c2cc3c(s2)-c2sc4c(-c5cc(F)c(CC(CC)CCCC)s5)c5c6c(sc5c(-c5cc(F)c(CC(CC)CCCCC)s5)c4c2C3(c2ccc(CCCCCC)cc2)c2ccc(CCCCCC)cc2)-c2sc(/C=C3\C(=O)c4cc(F)c(F)cc4\C3=C(\C#N)[N+]#[C-])cc2C6(c2ccc(CCCCCC)cc2)c2ccc(CCCCCC)cc2)C(=O)c2cc(F)c(F)cc21. The zero-order valence-corrected chi connectivity index (χ0v) is 84.3. The highest BCUT2D eigenvalue weighted by Gasteiger charge is 2.55. The largest absolute Gasteiger partial charge is 0.289 e. The zero-order valence-electron chi connectivity index (χ0n) is 79.4. The van der Waals surface area contributed by atoms with Gasteiger partial charge in [0.05, 0.1) is 55.6 Å². The van der Waals surface area contributed by atoms with Gasteiger partial charge < -0.3 is 0 Å². The highest BCUT2D eigenvalue weighted by atomic mass is 32.1. The molecule has 0 N–H and O–H groups in total. The van der Waals surface area contributed by atoms with Crippen LogP contribution in [0.3, 0.4) is 0 Å². The van der Waals surface area contributed by atoms with E-state index in [2.05, 4.69) is 174 Å². The van der Waals surface area contributed by atoms with Crippen molar-refractivity contribution in [2.45, 2.75) is 265 Å². The van der Waals surface area contributed by atoms with E-state index in [4.69, 9.17) is 13.1 Å². The summed E-state index contributed by atoms with van der Waals surface area (Å²) in [5, 5.41) is 23.4. The molecule has 6 heterocycles. The number of hydrogen-bond donors (Lipinski definition) is 0. The first-order chi connectivity index (χ1) is 66.7. The van der Waals surface area contributed by atoms with Gasteiger partial charge >= 0.3 is 0 Å². The summed E-state index contributed by atoms with van der Waals surface area (Å²) in [5.74, 6) is -6.53. The predicted octanol–water partition coefficient (Wildman–Crippen LogP) is 36.5. The molecule has 2 atom stereocenters. The first-order valence-electron chi connectivity index (χ1n) is 49.6. The van der Waals surface area contributed by atoms with Crippen LogP contribution in [0.25, 0.3) is 93.6 Å². The fourth-order valence-corrected chi connectivity index (χ4v) is 29.8. The number of thiophene rings is 6. The number of rotatable bonds is 41. The van der Waals surface area contributed by atoms with Gasteiger partial charge in [-0.2, -0.15) is 0 Å². The van der Waals surface area contributed by atoms with Crippen molar-refractivity contribution in [3.63, 3.8) is 0 Å². The zero-order chi connectivity index (χ0) is 96.1. The number of fused-ring (bicyclic) bond motifs is 12. The van der Waals surface area contributed by atoms with Crippen molar-refractivity contribution in [3.8, 4) is 52.5 Å². The number of aryl methyl sites for hydroxylation is 4. The van der Waals surface area contributed by atoms with Gasteiger partial charge in [0.2, 0.25) is 0 Å². The minimum Gasteiger partial charge on any atom is -0.289 e. The molecule has 17 rings (SSSR count). The molecule has 6 aromatic heterocycles. The van der Waals surface area contributed by atoms with Gasteiger partial charge in [0.25, 0.3) is 11.4 Å². The van der Waals surface area contributed by atoms with E-state index in [9.17, 15) is 10.5 Å². The number of allylic oxidation sites excluding steroid dienone is 6. The second-order valence-electron chi connectivity index (χ2n) is 37.7. The summed E-state index contributed by atoms with van der Waals surface area (Å²) in [7, 11) is 0. The molecular formula is C119H114F6N4O2S6. The van der Waals surface area contributed by atoms with E-state index in [1.54, 1.807) is 47.0 Å². The number of benzene rings is 7. The Balaban J connectivity index is 1.07. The normalized spacial score (nSPS) is 15.5. The number of carbonyl (C=O) groups excluding carboxylic acids is 2. The van der Waals surface area contributed by atoms with Gasteiger partial charge in [0.1, 0.15) is 11.6 Å². The highest BCUT2D eigenvalue weighted by Crippen LogP contribution is 2.71. The number of carbonyl (C=O) groups is 2. The number of halogens is 6.